The summed E-state index contributed by atoms with van der Waals surface area (Å²) < 4.78 is 5.46. The van der Waals surface area contributed by atoms with Gasteiger partial charge in [-0.3, -0.25) is 0 Å². The zero-order valence-corrected chi connectivity index (χ0v) is 13.7. The minimum absolute atomic E-state index is 0.355. The molecule has 0 amide bonds. The molecule has 0 saturated carbocycles. The number of piperidine rings is 1. The maximum atomic E-state index is 12.1. The minimum Gasteiger partial charge on any atom is -0.423 e. The summed E-state index contributed by atoms with van der Waals surface area (Å²) in [6, 6.07) is 16.5. The first kappa shape index (κ1) is 15.7. The van der Waals surface area contributed by atoms with Gasteiger partial charge in [0.1, 0.15) is 10.7 Å². The number of ether oxygens (including phenoxy) is 1. The van der Waals surface area contributed by atoms with E-state index in [4.69, 9.17) is 17.0 Å². The predicted molar refractivity (Wildman–Crippen MR) is 95.0 cm³/mol. The van der Waals surface area contributed by atoms with E-state index in [1.807, 2.05) is 36.4 Å². The van der Waals surface area contributed by atoms with Crippen molar-refractivity contribution in [3.05, 3.63) is 65.7 Å². The second-order valence-electron chi connectivity index (χ2n) is 5.64. The van der Waals surface area contributed by atoms with Crippen molar-refractivity contribution in [1.82, 2.24) is 4.90 Å². The molecule has 0 aliphatic carbocycles. The largest absolute Gasteiger partial charge is 0.423 e. The number of hydrogen-bond acceptors (Lipinski definition) is 3. The lowest BCUT2D eigenvalue weighted by molar-refractivity contribution is 0.0735. The Kier molecular flexibility index (Phi) is 5.03. The number of esters is 1. The summed E-state index contributed by atoms with van der Waals surface area (Å²) in [5, 5.41) is 0. The van der Waals surface area contributed by atoms with E-state index in [1.165, 1.54) is 19.3 Å². The first-order chi connectivity index (χ1) is 11.2. The number of nitrogens with zero attached hydrogens (tertiary/aromatic N) is 1. The summed E-state index contributed by atoms with van der Waals surface area (Å²) in [5.41, 5.74) is 1.47. The van der Waals surface area contributed by atoms with Gasteiger partial charge in [0, 0.05) is 18.7 Å². The Morgan fingerprint density at radius 3 is 2.35 bits per heavy atom. The molecular weight excluding hydrogens is 306 g/mol. The molecule has 1 saturated heterocycles. The molecule has 0 radical (unpaired) electrons. The minimum atomic E-state index is -0.355. The zero-order chi connectivity index (χ0) is 16.1. The highest BCUT2D eigenvalue weighted by molar-refractivity contribution is 7.80. The van der Waals surface area contributed by atoms with Crippen molar-refractivity contribution >= 4 is 23.2 Å². The third kappa shape index (κ3) is 3.96. The Labute approximate surface area is 141 Å². The van der Waals surface area contributed by atoms with E-state index < -0.39 is 0 Å². The van der Waals surface area contributed by atoms with Crippen molar-refractivity contribution in [3.8, 4) is 5.75 Å². The van der Waals surface area contributed by atoms with Crippen LogP contribution in [0.5, 0.6) is 5.75 Å². The Morgan fingerprint density at radius 1 is 0.913 bits per heavy atom. The van der Waals surface area contributed by atoms with Gasteiger partial charge in [-0.05, 0) is 43.5 Å². The Hall–Kier alpha value is -2.20. The van der Waals surface area contributed by atoms with Crippen molar-refractivity contribution in [2.45, 2.75) is 19.3 Å². The monoisotopic (exact) mass is 325 g/mol. The highest BCUT2D eigenvalue weighted by Crippen LogP contribution is 2.19. The summed E-state index contributed by atoms with van der Waals surface area (Å²) in [6.45, 7) is 2.01. The van der Waals surface area contributed by atoms with E-state index in [0.29, 0.717) is 11.3 Å². The number of likely N-dealkylation sites (tertiary alicyclic amines) is 1. The van der Waals surface area contributed by atoms with Crippen LogP contribution in [0.15, 0.2) is 54.6 Å². The van der Waals surface area contributed by atoms with Crippen LogP contribution in [0.1, 0.15) is 35.2 Å². The van der Waals surface area contributed by atoms with E-state index in [-0.39, 0.29) is 5.97 Å². The normalized spacial score (nSPS) is 14.3. The second kappa shape index (κ2) is 7.38. The van der Waals surface area contributed by atoms with Gasteiger partial charge in [0.15, 0.2) is 0 Å². The molecule has 4 heteroatoms. The number of thiocarbonyl (C=S) groups is 1. The highest BCUT2D eigenvalue weighted by Gasteiger charge is 2.16. The molecular formula is C19H19NO2S. The first-order valence-electron chi connectivity index (χ1n) is 7.90. The summed E-state index contributed by atoms with van der Waals surface area (Å²) in [6.07, 6.45) is 3.64. The summed E-state index contributed by atoms with van der Waals surface area (Å²) in [7, 11) is 0. The van der Waals surface area contributed by atoms with Gasteiger partial charge >= 0.3 is 5.97 Å². The van der Waals surface area contributed by atoms with E-state index in [0.717, 1.165) is 23.6 Å². The van der Waals surface area contributed by atoms with Crippen LogP contribution in [0.3, 0.4) is 0 Å². The van der Waals surface area contributed by atoms with Gasteiger partial charge in [0.05, 0.1) is 5.56 Å². The topological polar surface area (TPSA) is 29.5 Å². The molecule has 1 fully saturated rings. The Bertz CT molecular complexity index is 694. The number of hydrogen-bond donors (Lipinski definition) is 0. The highest BCUT2D eigenvalue weighted by atomic mass is 32.1. The number of benzene rings is 2. The lowest BCUT2D eigenvalue weighted by Crippen LogP contribution is -2.34. The Morgan fingerprint density at radius 2 is 1.61 bits per heavy atom. The molecule has 1 heterocycles. The smallest absolute Gasteiger partial charge is 0.343 e. The fourth-order valence-corrected chi connectivity index (χ4v) is 3.02. The van der Waals surface area contributed by atoms with E-state index in [1.54, 1.807) is 18.2 Å². The van der Waals surface area contributed by atoms with Crippen LogP contribution in [0.2, 0.25) is 0 Å². The molecule has 3 rings (SSSR count). The summed E-state index contributed by atoms with van der Waals surface area (Å²) in [5.74, 6) is 0.169. The molecule has 1 aliphatic rings. The third-order valence-electron chi connectivity index (χ3n) is 3.94. The van der Waals surface area contributed by atoms with Crippen LogP contribution in [-0.2, 0) is 0 Å². The molecule has 0 spiro atoms. The van der Waals surface area contributed by atoms with Crippen molar-refractivity contribution < 1.29 is 9.53 Å². The SMILES string of the molecule is O=C(Oc1cccc(C(=S)N2CCCCC2)c1)c1ccccc1. The van der Waals surface area contributed by atoms with Gasteiger partial charge in [-0.2, -0.15) is 0 Å². The van der Waals surface area contributed by atoms with Crippen molar-refractivity contribution in [2.75, 3.05) is 13.1 Å². The number of rotatable bonds is 3. The average molecular weight is 325 g/mol. The van der Waals surface area contributed by atoms with E-state index >= 15 is 0 Å². The van der Waals surface area contributed by atoms with Gasteiger partial charge in [-0.1, -0.05) is 42.5 Å². The third-order valence-corrected chi connectivity index (χ3v) is 4.44. The fraction of sp³-hybridized carbons (Fsp3) is 0.263. The molecule has 0 atom stereocenters. The quantitative estimate of drug-likeness (QED) is 0.483. The van der Waals surface area contributed by atoms with Crippen molar-refractivity contribution in [2.24, 2.45) is 0 Å². The molecule has 23 heavy (non-hydrogen) atoms. The maximum absolute atomic E-state index is 12.1. The van der Waals surface area contributed by atoms with Crippen LogP contribution in [0.25, 0.3) is 0 Å². The molecule has 3 nitrogen and oxygen atoms in total. The molecule has 1 aliphatic heterocycles. The molecule has 2 aromatic carbocycles. The van der Waals surface area contributed by atoms with Crippen LogP contribution in [0.4, 0.5) is 0 Å². The molecule has 0 N–H and O–H groups in total. The van der Waals surface area contributed by atoms with Gasteiger partial charge in [0.2, 0.25) is 0 Å². The van der Waals surface area contributed by atoms with Crippen LogP contribution in [-0.4, -0.2) is 28.9 Å². The van der Waals surface area contributed by atoms with Gasteiger partial charge in [-0.25, -0.2) is 4.79 Å². The van der Waals surface area contributed by atoms with Crippen LogP contribution >= 0.6 is 12.2 Å². The second-order valence-corrected chi connectivity index (χ2v) is 6.02. The van der Waals surface area contributed by atoms with E-state index in [9.17, 15) is 4.79 Å². The Balaban J connectivity index is 1.72. The van der Waals surface area contributed by atoms with Gasteiger partial charge < -0.3 is 9.64 Å². The molecule has 0 bridgehead atoms. The molecule has 118 valence electrons. The van der Waals surface area contributed by atoms with Gasteiger partial charge in [-0.15, -0.1) is 0 Å². The van der Waals surface area contributed by atoms with Crippen molar-refractivity contribution in [1.29, 1.82) is 0 Å². The van der Waals surface area contributed by atoms with E-state index in [2.05, 4.69) is 4.90 Å². The zero-order valence-electron chi connectivity index (χ0n) is 12.9. The van der Waals surface area contributed by atoms with Crippen LogP contribution in [0, 0.1) is 0 Å². The number of carbonyl (C=O) groups is 1. The lowest BCUT2D eigenvalue weighted by Gasteiger charge is -2.29. The summed E-state index contributed by atoms with van der Waals surface area (Å²) in [4.78, 5) is 15.2. The number of carbonyl (C=O) groups excluding carboxylic acids is 1. The standard InChI is InChI=1S/C19H19NO2S/c21-19(15-8-3-1-4-9-15)22-17-11-7-10-16(14-17)18(23)20-12-5-2-6-13-20/h1,3-4,7-11,14H,2,5-6,12-13H2. The molecule has 2 aromatic rings. The fourth-order valence-electron chi connectivity index (χ4n) is 2.71. The van der Waals surface area contributed by atoms with Gasteiger partial charge in [0.25, 0.3) is 0 Å². The summed E-state index contributed by atoms with van der Waals surface area (Å²) >= 11 is 5.59. The first-order valence-corrected chi connectivity index (χ1v) is 8.31. The average Bonchev–Trinajstić information content (AvgIpc) is 2.63. The van der Waals surface area contributed by atoms with Crippen LogP contribution < -0.4 is 4.74 Å². The molecule has 0 unspecified atom stereocenters. The molecule has 0 aromatic heterocycles. The lowest BCUT2D eigenvalue weighted by atomic mass is 10.1. The predicted octanol–water partition coefficient (Wildman–Crippen LogP) is 4.07. The maximum Gasteiger partial charge on any atom is 0.343 e. The van der Waals surface area contributed by atoms with Crippen molar-refractivity contribution in [3.63, 3.8) is 0 Å².